The molecular weight excluding hydrogens is 923 g/mol. The summed E-state index contributed by atoms with van der Waals surface area (Å²) in [6.45, 7) is 1.21. The quantitative estimate of drug-likeness (QED) is 0.0400. The number of nitrogens with two attached hydrogens (primary N) is 1. The zero-order valence-corrected chi connectivity index (χ0v) is 37.5. The number of phosphoric ester groups is 3. The van der Waals surface area contributed by atoms with Crippen LogP contribution < -0.4 is 35.9 Å². The number of aromatic nitrogens is 4. The first kappa shape index (κ1) is 51.5. The van der Waals surface area contributed by atoms with Gasteiger partial charge in [-0.25, -0.2) is 19.3 Å². The maximum absolute atomic E-state index is 12.6. The molecular formula is C33H44N7O17P3S2-4. The summed E-state index contributed by atoms with van der Waals surface area (Å²) in [4.78, 5) is 96.9. The number of carbonyl (C=O) groups excluding carboxylic acids is 3. The minimum absolute atomic E-state index is 0.0335. The fraction of sp³-hybridized carbons (Fsp3) is 0.515. The van der Waals surface area contributed by atoms with Gasteiger partial charge >= 0.3 is 0 Å². The number of benzene rings is 1. The SMILES string of the molecule is CC(C)(COP(=O)([O-])OP(=O)([O-])OCC1OC(C)(n2cnc3c(N)ncnc32)C(O)C1OP(=O)([O-])[O-])C(O)C(=O)NCCC(=O)NCCSC(=O)C=CCSCc1ccccc1. The van der Waals surface area contributed by atoms with Crippen LogP contribution in [0.15, 0.2) is 55.1 Å². The van der Waals surface area contributed by atoms with Crippen LogP contribution in [-0.2, 0) is 62.2 Å². The number of aliphatic hydroxyl groups excluding tert-OH is 2. The molecule has 344 valence electrons. The predicted molar refractivity (Wildman–Crippen MR) is 215 cm³/mol. The van der Waals surface area contributed by atoms with E-state index < -0.39 is 84.1 Å². The molecule has 0 radical (unpaired) electrons. The van der Waals surface area contributed by atoms with E-state index in [2.05, 4.69) is 43.5 Å². The number of nitrogens with zero attached hydrogens (tertiary/aromatic N) is 4. The Kier molecular flexibility index (Phi) is 18.4. The first-order valence-corrected chi connectivity index (χ1v) is 24.8. The maximum atomic E-state index is 12.6. The molecule has 3 aromatic rings. The Labute approximate surface area is 363 Å². The first-order chi connectivity index (χ1) is 28.9. The summed E-state index contributed by atoms with van der Waals surface area (Å²) < 4.78 is 61.2. The van der Waals surface area contributed by atoms with E-state index in [-0.39, 0.29) is 41.6 Å². The number of phosphoric acid groups is 3. The van der Waals surface area contributed by atoms with Gasteiger partial charge in [0.25, 0.3) is 15.6 Å². The number of anilines is 1. The molecule has 0 bridgehead atoms. The molecule has 0 spiro atoms. The normalized spacial score (nSPS) is 22.0. The molecule has 1 aliphatic rings. The van der Waals surface area contributed by atoms with E-state index in [1.54, 1.807) is 17.8 Å². The smallest absolute Gasteiger partial charge is 0.274 e. The van der Waals surface area contributed by atoms with Gasteiger partial charge in [0.15, 0.2) is 17.2 Å². The number of aliphatic hydroxyl groups is 2. The largest absolute Gasteiger partial charge is 0.790 e. The van der Waals surface area contributed by atoms with E-state index in [0.717, 1.165) is 34.7 Å². The summed E-state index contributed by atoms with van der Waals surface area (Å²) >= 11 is 2.67. The second-order valence-corrected chi connectivity index (χ2v) is 20.3. The molecule has 29 heteroatoms. The fourth-order valence-corrected chi connectivity index (χ4v) is 9.69. The van der Waals surface area contributed by atoms with Crippen LogP contribution in [0.25, 0.3) is 11.2 Å². The van der Waals surface area contributed by atoms with Gasteiger partial charge in [-0.05, 0) is 18.6 Å². The van der Waals surface area contributed by atoms with E-state index in [1.807, 2.05) is 30.3 Å². The molecule has 2 aromatic heterocycles. The molecule has 1 saturated heterocycles. The highest BCUT2D eigenvalue weighted by Gasteiger charge is 2.55. The topological polar surface area (TPSA) is 375 Å². The van der Waals surface area contributed by atoms with Crippen LogP contribution in [0, 0.1) is 5.41 Å². The van der Waals surface area contributed by atoms with Gasteiger partial charge in [-0.3, -0.25) is 28.1 Å². The number of hydrogen-bond acceptors (Lipinski definition) is 23. The third kappa shape index (κ3) is 15.3. The van der Waals surface area contributed by atoms with Gasteiger partial charge in [0.05, 0.1) is 27.4 Å². The van der Waals surface area contributed by atoms with E-state index in [0.29, 0.717) is 11.5 Å². The number of hydrogen-bond donors (Lipinski definition) is 5. The molecule has 0 saturated carbocycles. The molecule has 4 rings (SSSR count). The second-order valence-electron chi connectivity index (χ2n) is 14.1. The summed E-state index contributed by atoms with van der Waals surface area (Å²) in [6, 6.07) is 9.89. The van der Waals surface area contributed by atoms with Crippen molar-refractivity contribution >= 4 is 80.9 Å². The Morgan fingerprint density at radius 3 is 2.45 bits per heavy atom. The van der Waals surface area contributed by atoms with Crippen LogP contribution in [0.3, 0.4) is 0 Å². The summed E-state index contributed by atoms with van der Waals surface area (Å²) in [6.07, 6.45) is -2.88. The number of nitrogens with one attached hydrogen (secondary N) is 2. The lowest BCUT2D eigenvalue weighted by molar-refractivity contribution is -0.347. The van der Waals surface area contributed by atoms with Crippen LogP contribution in [0.1, 0.15) is 32.8 Å². The molecule has 1 fully saturated rings. The van der Waals surface area contributed by atoms with Crippen molar-refractivity contribution in [2.24, 2.45) is 5.41 Å². The molecule has 1 aliphatic heterocycles. The van der Waals surface area contributed by atoms with E-state index >= 15 is 0 Å². The monoisotopic (exact) mass is 967 g/mol. The van der Waals surface area contributed by atoms with E-state index in [1.165, 1.54) is 32.4 Å². The molecule has 1 aromatic carbocycles. The van der Waals surface area contributed by atoms with E-state index in [9.17, 15) is 57.9 Å². The highest BCUT2D eigenvalue weighted by molar-refractivity contribution is 8.14. The predicted octanol–water partition coefficient (Wildman–Crippen LogP) is -1.20. The van der Waals surface area contributed by atoms with Crippen molar-refractivity contribution < 1.29 is 80.5 Å². The first-order valence-electron chi connectivity index (χ1n) is 18.2. The van der Waals surface area contributed by atoms with Gasteiger partial charge in [-0.1, -0.05) is 62.0 Å². The number of amides is 2. The van der Waals surface area contributed by atoms with Gasteiger partial charge in [-0.15, -0.1) is 0 Å². The number of fused-ring (bicyclic) bond motifs is 1. The van der Waals surface area contributed by atoms with Gasteiger partial charge in [0.2, 0.25) is 16.9 Å². The lowest BCUT2D eigenvalue weighted by Crippen LogP contribution is -2.46. The van der Waals surface area contributed by atoms with Crippen molar-refractivity contribution in [2.75, 3.05) is 43.5 Å². The lowest BCUT2D eigenvalue weighted by atomic mass is 9.87. The summed E-state index contributed by atoms with van der Waals surface area (Å²) in [7, 11) is -17.7. The van der Waals surface area contributed by atoms with Crippen molar-refractivity contribution in [3.05, 3.63) is 60.7 Å². The summed E-state index contributed by atoms with van der Waals surface area (Å²) in [5, 5.41) is 26.4. The number of rotatable bonds is 24. The molecule has 7 atom stereocenters. The van der Waals surface area contributed by atoms with Crippen LogP contribution in [0.4, 0.5) is 5.82 Å². The third-order valence-corrected chi connectivity index (χ3v) is 13.6. The van der Waals surface area contributed by atoms with Gasteiger partial charge in [-0.2, -0.15) is 11.8 Å². The Hall–Kier alpha value is -3.13. The highest BCUT2D eigenvalue weighted by atomic mass is 32.2. The molecule has 6 N–H and O–H groups in total. The summed E-state index contributed by atoms with van der Waals surface area (Å²) in [5.41, 5.74) is 3.20. The molecule has 24 nitrogen and oxygen atoms in total. The number of imidazole rings is 1. The Balaban J connectivity index is 1.19. The highest BCUT2D eigenvalue weighted by Crippen LogP contribution is 2.56. The van der Waals surface area contributed by atoms with Crippen LogP contribution >= 0.6 is 47.0 Å². The van der Waals surface area contributed by atoms with Crippen LogP contribution in [0.2, 0.25) is 0 Å². The van der Waals surface area contributed by atoms with Crippen LogP contribution in [0.5, 0.6) is 0 Å². The summed E-state index contributed by atoms with van der Waals surface area (Å²) in [5.74, 6) is 0.203. The van der Waals surface area contributed by atoms with E-state index in [4.69, 9.17) is 10.5 Å². The van der Waals surface area contributed by atoms with Crippen molar-refractivity contribution in [3.63, 3.8) is 0 Å². The molecule has 62 heavy (non-hydrogen) atoms. The van der Waals surface area contributed by atoms with Crippen molar-refractivity contribution in [2.45, 2.75) is 63.1 Å². The minimum atomic E-state index is -5.94. The number of thioether (sulfide) groups is 2. The molecule has 0 aliphatic carbocycles. The van der Waals surface area contributed by atoms with Crippen LogP contribution in [-0.4, -0.2) is 109 Å². The van der Waals surface area contributed by atoms with Crippen molar-refractivity contribution in [3.8, 4) is 0 Å². The Morgan fingerprint density at radius 2 is 1.76 bits per heavy atom. The fourth-order valence-electron chi connectivity index (χ4n) is 5.58. The molecule has 7 unspecified atom stereocenters. The second kappa shape index (κ2) is 22.2. The van der Waals surface area contributed by atoms with Gasteiger partial charge < -0.3 is 69.0 Å². The van der Waals surface area contributed by atoms with Gasteiger partial charge in [0.1, 0.15) is 36.3 Å². The lowest BCUT2D eigenvalue weighted by Gasteiger charge is -2.36. The Morgan fingerprint density at radius 1 is 1.06 bits per heavy atom. The average Bonchev–Trinajstić information content (AvgIpc) is 3.74. The zero-order valence-electron chi connectivity index (χ0n) is 33.2. The Bertz CT molecular complexity index is 2200. The number of nitrogen functional groups attached to an aromatic ring is 1. The third-order valence-electron chi connectivity index (χ3n) is 8.79. The maximum Gasteiger partial charge on any atom is 0.274 e. The number of ether oxygens (including phenoxy) is 1. The standard InChI is InChI=1S/C33H48N7O17P3S2/c1-32(2,28(44)31(45)36-12-11-23(41)35-13-15-62-24(42)10-7-14-61-17-21-8-5-4-6-9-21)18-54-60(51,52)57-59(49,50)53-16-22-26(56-58(46,47)48)27(43)33(3,55-22)40-20-39-25-29(34)37-19-38-30(25)40/h4-10,19-20,22,26-28,43-44H,11-18H2,1-3H3,(H,35,41)(H,36,45)(H,49,50)(H,51,52)(H2,34,37,38)(H2,46,47,48)/p-4. The van der Waals surface area contributed by atoms with Gasteiger partial charge in [0, 0.05) is 42.2 Å². The minimum Gasteiger partial charge on any atom is -0.790 e. The number of carbonyl (C=O) groups is 3. The van der Waals surface area contributed by atoms with Crippen molar-refractivity contribution in [1.82, 2.24) is 30.2 Å². The zero-order chi connectivity index (χ0) is 45.9. The van der Waals surface area contributed by atoms with Crippen molar-refractivity contribution in [1.29, 1.82) is 0 Å². The molecule has 2 amide bonds. The molecule has 3 heterocycles. The average molecular weight is 968 g/mol.